The Morgan fingerprint density at radius 3 is 2.82 bits per heavy atom. The Hall–Kier alpha value is -1.39. The molecule has 0 aliphatic heterocycles. The van der Waals surface area contributed by atoms with Gasteiger partial charge in [-0.15, -0.1) is 11.3 Å². The third kappa shape index (κ3) is 2.33. The van der Waals surface area contributed by atoms with Crippen LogP contribution in [0.4, 0.5) is 0 Å². The maximum absolute atomic E-state index is 10.7. The SMILES string of the molecule is Cc1sc2cc(CC(N)C(=O)O)ccc2c1C. The molecule has 0 saturated heterocycles. The maximum atomic E-state index is 10.7. The van der Waals surface area contributed by atoms with Crippen molar-refractivity contribution >= 4 is 27.4 Å². The van der Waals surface area contributed by atoms with Crippen LogP contribution in [-0.2, 0) is 11.2 Å². The highest BCUT2D eigenvalue weighted by Gasteiger charge is 2.13. The molecule has 2 aromatic rings. The third-order valence-electron chi connectivity index (χ3n) is 3.01. The van der Waals surface area contributed by atoms with Crippen LogP contribution in [0, 0.1) is 13.8 Å². The van der Waals surface area contributed by atoms with Crippen molar-refractivity contribution in [2.45, 2.75) is 26.3 Å². The molecule has 17 heavy (non-hydrogen) atoms. The quantitative estimate of drug-likeness (QED) is 0.878. The molecule has 1 heterocycles. The zero-order chi connectivity index (χ0) is 12.6. The highest BCUT2D eigenvalue weighted by Crippen LogP contribution is 2.30. The van der Waals surface area contributed by atoms with Gasteiger partial charge in [0, 0.05) is 9.58 Å². The molecule has 1 unspecified atom stereocenters. The van der Waals surface area contributed by atoms with Crippen LogP contribution in [0.3, 0.4) is 0 Å². The minimum Gasteiger partial charge on any atom is -0.480 e. The van der Waals surface area contributed by atoms with Gasteiger partial charge in [0.25, 0.3) is 0 Å². The average molecular weight is 249 g/mol. The molecule has 3 N–H and O–H groups in total. The highest BCUT2D eigenvalue weighted by atomic mass is 32.1. The fraction of sp³-hybridized carbons (Fsp3) is 0.308. The van der Waals surface area contributed by atoms with Gasteiger partial charge < -0.3 is 10.8 Å². The summed E-state index contributed by atoms with van der Waals surface area (Å²) in [5, 5.41) is 10.0. The zero-order valence-electron chi connectivity index (χ0n) is 9.86. The predicted octanol–water partition coefficient (Wildman–Crippen LogP) is 2.47. The molecule has 0 radical (unpaired) electrons. The van der Waals surface area contributed by atoms with Crippen molar-refractivity contribution in [2.75, 3.05) is 0 Å². The molecule has 0 aliphatic carbocycles. The Bertz CT molecular complexity index is 574. The normalized spacial score (nSPS) is 12.9. The number of aliphatic carboxylic acids is 1. The van der Waals surface area contributed by atoms with E-state index in [1.54, 1.807) is 11.3 Å². The Labute approximate surface area is 104 Å². The van der Waals surface area contributed by atoms with Gasteiger partial charge in [-0.2, -0.15) is 0 Å². The maximum Gasteiger partial charge on any atom is 0.320 e. The largest absolute Gasteiger partial charge is 0.480 e. The molecule has 1 aromatic heterocycles. The second kappa shape index (κ2) is 4.47. The molecule has 0 aliphatic rings. The Kier molecular flexibility index (Phi) is 3.17. The number of benzene rings is 1. The van der Waals surface area contributed by atoms with Gasteiger partial charge in [0.2, 0.25) is 0 Å². The predicted molar refractivity (Wildman–Crippen MR) is 70.6 cm³/mol. The molecule has 3 nitrogen and oxygen atoms in total. The second-order valence-corrected chi connectivity index (χ2v) is 5.52. The topological polar surface area (TPSA) is 63.3 Å². The van der Waals surface area contributed by atoms with E-state index in [-0.39, 0.29) is 0 Å². The lowest BCUT2D eigenvalue weighted by molar-refractivity contribution is -0.138. The molecule has 1 atom stereocenters. The summed E-state index contributed by atoms with van der Waals surface area (Å²) in [4.78, 5) is 12.0. The van der Waals surface area contributed by atoms with Crippen LogP contribution in [0.2, 0.25) is 0 Å². The molecule has 1 aromatic carbocycles. The lowest BCUT2D eigenvalue weighted by atomic mass is 10.0. The lowest BCUT2D eigenvalue weighted by Crippen LogP contribution is -2.32. The van der Waals surface area contributed by atoms with Gasteiger partial charge in [0.1, 0.15) is 6.04 Å². The van der Waals surface area contributed by atoms with Crippen molar-refractivity contribution in [3.8, 4) is 0 Å². The summed E-state index contributed by atoms with van der Waals surface area (Å²) in [5.41, 5.74) is 7.82. The van der Waals surface area contributed by atoms with Gasteiger partial charge in [-0.3, -0.25) is 4.79 Å². The molecule has 0 fully saturated rings. The number of fused-ring (bicyclic) bond motifs is 1. The number of carboxylic acids is 1. The Morgan fingerprint density at radius 2 is 2.18 bits per heavy atom. The van der Waals surface area contributed by atoms with Gasteiger partial charge in [0.15, 0.2) is 0 Å². The van der Waals surface area contributed by atoms with Crippen molar-refractivity contribution in [3.05, 3.63) is 34.2 Å². The summed E-state index contributed by atoms with van der Waals surface area (Å²) in [6.45, 7) is 4.21. The first kappa shape index (κ1) is 12.1. The number of hydrogen-bond acceptors (Lipinski definition) is 3. The number of hydrogen-bond donors (Lipinski definition) is 2. The molecule has 0 spiro atoms. The molecule has 4 heteroatoms. The van der Waals surface area contributed by atoms with Crippen LogP contribution in [0.5, 0.6) is 0 Å². The van der Waals surface area contributed by atoms with Crippen LogP contribution in [-0.4, -0.2) is 17.1 Å². The van der Waals surface area contributed by atoms with E-state index in [0.717, 1.165) is 5.56 Å². The Morgan fingerprint density at radius 1 is 1.47 bits per heavy atom. The van der Waals surface area contributed by atoms with Crippen LogP contribution < -0.4 is 5.73 Å². The highest BCUT2D eigenvalue weighted by molar-refractivity contribution is 7.19. The van der Waals surface area contributed by atoms with Crippen LogP contribution in [0.15, 0.2) is 18.2 Å². The van der Waals surface area contributed by atoms with E-state index in [9.17, 15) is 4.79 Å². The standard InChI is InChI=1S/C13H15NO2S/c1-7-8(2)17-12-6-9(3-4-10(7)12)5-11(14)13(15)16/h3-4,6,11H,5,14H2,1-2H3,(H,15,16). The lowest BCUT2D eigenvalue weighted by Gasteiger charge is -2.06. The van der Waals surface area contributed by atoms with Crippen molar-refractivity contribution in [1.82, 2.24) is 0 Å². The summed E-state index contributed by atoms with van der Waals surface area (Å²) in [6.07, 6.45) is 0.376. The van der Waals surface area contributed by atoms with E-state index < -0.39 is 12.0 Å². The first-order chi connectivity index (χ1) is 7.99. The van der Waals surface area contributed by atoms with Gasteiger partial charge in [0.05, 0.1) is 0 Å². The first-order valence-electron chi connectivity index (χ1n) is 5.46. The summed E-state index contributed by atoms with van der Waals surface area (Å²) < 4.78 is 1.20. The number of aryl methyl sites for hydroxylation is 2. The van der Waals surface area contributed by atoms with E-state index in [0.29, 0.717) is 6.42 Å². The van der Waals surface area contributed by atoms with E-state index in [4.69, 9.17) is 10.8 Å². The van der Waals surface area contributed by atoms with Crippen molar-refractivity contribution in [3.63, 3.8) is 0 Å². The molecule has 90 valence electrons. The number of rotatable bonds is 3. The van der Waals surface area contributed by atoms with Gasteiger partial charge in [-0.05, 0) is 42.8 Å². The van der Waals surface area contributed by atoms with Gasteiger partial charge in [-0.25, -0.2) is 0 Å². The van der Waals surface area contributed by atoms with Gasteiger partial charge >= 0.3 is 5.97 Å². The monoisotopic (exact) mass is 249 g/mol. The van der Waals surface area contributed by atoms with Crippen LogP contribution in [0.25, 0.3) is 10.1 Å². The summed E-state index contributed by atoms with van der Waals surface area (Å²) in [5.74, 6) is -0.955. The molecule has 0 bridgehead atoms. The van der Waals surface area contributed by atoms with Crippen molar-refractivity contribution in [1.29, 1.82) is 0 Å². The number of nitrogens with two attached hydrogens (primary N) is 1. The van der Waals surface area contributed by atoms with E-state index in [1.165, 1.54) is 20.5 Å². The van der Waals surface area contributed by atoms with Crippen molar-refractivity contribution in [2.24, 2.45) is 5.73 Å². The van der Waals surface area contributed by atoms with Gasteiger partial charge in [-0.1, -0.05) is 12.1 Å². The fourth-order valence-corrected chi connectivity index (χ4v) is 2.99. The second-order valence-electron chi connectivity index (χ2n) is 4.26. The smallest absolute Gasteiger partial charge is 0.320 e. The minimum absolute atomic E-state index is 0.376. The molecular formula is C13H15NO2S. The molecule has 2 rings (SSSR count). The molecule has 0 saturated carbocycles. The van der Waals surface area contributed by atoms with Crippen molar-refractivity contribution < 1.29 is 9.90 Å². The third-order valence-corrected chi connectivity index (χ3v) is 4.18. The molecular weight excluding hydrogens is 234 g/mol. The summed E-state index contributed by atoms with van der Waals surface area (Å²) in [6, 6.07) is 5.24. The number of carboxylic acid groups (broad SMARTS) is 1. The van der Waals surface area contributed by atoms with Crippen LogP contribution in [0.1, 0.15) is 16.0 Å². The van der Waals surface area contributed by atoms with Crippen LogP contribution >= 0.6 is 11.3 Å². The number of thiophene rings is 1. The molecule has 0 amide bonds. The Balaban J connectivity index is 2.35. The minimum atomic E-state index is -0.955. The first-order valence-corrected chi connectivity index (χ1v) is 6.27. The van der Waals surface area contributed by atoms with E-state index in [2.05, 4.69) is 19.9 Å². The van der Waals surface area contributed by atoms with E-state index in [1.807, 2.05) is 12.1 Å². The van der Waals surface area contributed by atoms with E-state index >= 15 is 0 Å². The fourth-order valence-electron chi connectivity index (χ4n) is 1.86. The summed E-state index contributed by atoms with van der Waals surface area (Å²) in [7, 11) is 0. The zero-order valence-corrected chi connectivity index (χ0v) is 10.7. The average Bonchev–Trinajstić information content (AvgIpc) is 2.54. The number of carbonyl (C=O) groups is 1. The summed E-state index contributed by atoms with van der Waals surface area (Å²) >= 11 is 1.74.